The van der Waals surface area contributed by atoms with Gasteiger partial charge in [-0.15, -0.1) is 0 Å². The number of nitrogens with zero attached hydrogens (tertiary/aromatic N) is 5. The zero-order chi connectivity index (χ0) is 31.6. The Balaban J connectivity index is 0.000000369. The van der Waals surface area contributed by atoms with Gasteiger partial charge in [0.25, 0.3) is 5.91 Å². The third-order valence-electron chi connectivity index (χ3n) is 7.26. The second-order valence-electron chi connectivity index (χ2n) is 10.3. The number of aryl methyl sites for hydroxylation is 2. The molecule has 42 heavy (non-hydrogen) atoms. The third kappa shape index (κ3) is 7.49. The van der Waals surface area contributed by atoms with Gasteiger partial charge in [0, 0.05) is 17.1 Å². The number of benzene rings is 2. The molecule has 0 unspecified atom stereocenters. The van der Waals surface area contributed by atoms with Crippen LogP contribution in [0, 0.1) is 31.1 Å². The van der Waals surface area contributed by atoms with E-state index in [0.29, 0.717) is 28.6 Å². The summed E-state index contributed by atoms with van der Waals surface area (Å²) in [6.45, 7) is 11.7. The van der Waals surface area contributed by atoms with Crippen LogP contribution in [0.1, 0.15) is 42.1 Å². The molecule has 0 aliphatic carbocycles. The standard InChI is InChI=1S/C22H19ClN4O.C7H13NO2.2CH2O/c1-14-8-18(23)10-19(9-14)26-20(28)22(3,27-15(2)13-25-21(26)27)11-16-4-6-17(12-24)7-5-16;1-8-4-2-6(3-5-8)7(9)10;2*1-2/h4-10,13H,11H2,1-3H3;6H,2-5H2,1H3,(H,9,10);2*1H2/t22-;;;/m1.../s1. The fourth-order valence-corrected chi connectivity index (χ4v) is 5.49. The summed E-state index contributed by atoms with van der Waals surface area (Å²) in [4.78, 5) is 48.4. The van der Waals surface area contributed by atoms with E-state index in [1.54, 1.807) is 29.3 Å². The lowest BCUT2D eigenvalue weighted by atomic mass is 9.91. The van der Waals surface area contributed by atoms with Gasteiger partial charge in [-0.25, -0.2) is 9.88 Å². The van der Waals surface area contributed by atoms with Crippen molar-refractivity contribution in [3.05, 3.63) is 76.1 Å². The van der Waals surface area contributed by atoms with Crippen LogP contribution in [-0.4, -0.2) is 65.1 Å². The van der Waals surface area contributed by atoms with Gasteiger partial charge < -0.3 is 19.6 Å². The van der Waals surface area contributed by atoms with Gasteiger partial charge in [-0.3, -0.25) is 14.2 Å². The van der Waals surface area contributed by atoms with Gasteiger partial charge >= 0.3 is 5.97 Å². The molecule has 1 atom stereocenters. The smallest absolute Gasteiger partial charge is 0.306 e. The number of likely N-dealkylation sites (tertiary alicyclic amines) is 1. The number of halogens is 1. The van der Waals surface area contributed by atoms with Crippen molar-refractivity contribution in [3.63, 3.8) is 0 Å². The van der Waals surface area contributed by atoms with E-state index in [0.717, 1.165) is 42.8 Å². The van der Waals surface area contributed by atoms with Gasteiger partial charge in [0.2, 0.25) is 5.95 Å². The van der Waals surface area contributed by atoms with Crippen molar-refractivity contribution in [2.75, 3.05) is 25.0 Å². The Morgan fingerprint density at radius 3 is 2.24 bits per heavy atom. The quantitative estimate of drug-likeness (QED) is 0.459. The number of carboxylic acids is 1. The highest BCUT2D eigenvalue weighted by Crippen LogP contribution is 2.42. The molecule has 5 rings (SSSR count). The monoisotopic (exact) mass is 593 g/mol. The van der Waals surface area contributed by atoms with E-state index in [-0.39, 0.29) is 11.8 Å². The maximum absolute atomic E-state index is 13.6. The van der Waals surface area contributed by atoms with Crippen molar-refractivity contribution in [3.8, 4) is 6.07 Å². The van der Waals surface area contributed by atoms with Gasteiger partial charge in [-0.05, 0) is 95.2 Å². The normalized spacial score (nSPS) is 17.8. The largest absolute Gasteiger partial charge is 0.481 e. The molecule has 3 heterocycles. The SMILES string of the molecule is C=O.C=O.CN1CCC(C(=O)O)CC1.Cc1cc(Cl)cc(N2C(=O)[C@@](C)(Cc3ccc(C#N)cc3)n3c(C)cnc32)c1. The first-order valence-corrected chi connectivity index (χ1v) is 13.6. The first kappa shape index (κ1) is 33.9. The lowest BCUT2D eigenvalue weighted by Crippen LogP contribution is -2.41. The average molecular weight is 594 g/mol. The summed E-state index contributed by atoms with van der Waals surface area (Å²) in [5.74, 6) is -0.172. The molecule has 2 aromatic carbocycles. The second kappa shape index (κ2) is 15.1. The van der Waals surface area contributed by atoms with Crippen LogP contribution in [0.3, 0.4) is 0 Å². The molecule has 2 aliphatic rings. The summed E-state index contributed by atoms with van der Waals surface area (Å²) in [6.07, 6.45) is 3.90. The van der Waals surface area contributed by atoms with Crippen molar-refractivity contribution in [1.29, 1.82) is 5.26 Å². The van der Waals surface area contributed by atoms with E-state index < -0.39 is 11.5 Å². The predicted octanol–water partition coefficient (Wildman–Crippen LogP) is 4.70. The molecular formula is C31H36ClN5O5. The molecule has 10 nitrogen and oxygen atoms in total. The van der Waals surface area contributed by atoms with Crippen LogP contribution in [0.25, 0.3) is 0 Å². The molecule has 222 valence electrons. The zero-order valence-corrected chi connectivity index (χ0v) is 25.1. The molecule has 0 bridgehead atoms. The number of aliphatic carboxylic acids is 1. The number of aromatic nitrogens is 2. The number of amides is 1. The summed E-state index contributed by atoms with van der Waals surface area (Å²) < 4.78 is 1.99. The molecule has 0 saturated carbocycles. The van der Waals surface area contributed by atoms with Crippen LogP contribution < -0.4 is 4.90 Å². The van der Waals surface area contributed by atoms with Crippen molar-refractivity contribution in [1.82, 2.24) is 14.5 Å². The Morgan fingerprint density at radius 2 is 1.71 bits per heavy atom. The molecule has 1 N–H and O–H groups in total. The van der Waals surface area contributed by atoms with Gasteiger partial charge in [-0.2, -0.15) is 5.26 Å². The minimum atomic E-state index is -0.819. The summed E-state index contributed by atoms with van der Waals surface area (Å²) in [7, 11) is 2.03. The number of carboxylic acid groups (broad SMARTS) is 1. The third-order valence-corrected chi connectivity index (χ3v) is 7.48. The highest BCUT2D eigenvalue weighted by atomic mass is 35.5. The average Bonchev–Trinajstić information content (AvgIpc) is 3.46. The number of hydrogen-bond donors (Lipinski definition) is 1. The molecule has 0 spiro atoms. The van der Waals surface area contributed by atoms with Gasteiger partial charge in [-0.1, -0.05) is 23.7 Å². The topological polar surface area (TPSA) is 137 Å². The molecule has 1 saturated heterocycles. The number of fused-ring (bicyclic) bond motifs is 1. The van der Waals surface area contributed by atoms with E-state index in [1.807, 2.05) is 70.2 Å². The number of hydrogen-bond acceptors (Lipinski definition) is 7. The van der Waals surface area contributed by atoms with Gasteiger partial charge in [0.05, 0.1) is 29.4 Å². The maximum atomic E-state index is 13.6. The highest BCUT2D eigenvalue weighted by molar-refractivity contribution is 6.31. The van der Waals surface area contributed by atoms with Crippen molar-refractivity contribution < 1.29 is 24.3 Å². The molecule has 0 radical (unpaired) electrons. The fourth-order valence-electron chi connectivity index (χ4n) is 5.20. The van der Waals surface area contributed by atoms with Crippen LogP contribution in [0.2, 0.25) is 5.02 Å². The van der Waals surface area contributed by atoms with E-state index in [9.17, 15) is 9.59 Å². The van der Waals surface area contributed by atoms with Crippen LogP contribution >= 0.6 is 11.6 Å². The molecular weight excluding hydrogens is 558 g/mol. The van der Waals surface area contributed by atoms with Gasteiger partial charge in [0.15, 0.2) is 0 Å². The summed E-state index contributed by atoms with van der Waals surface area (Å²) in [6, 6.07) is 15.1. The maximum Gasteiger partial charge on any atom is 0.306 e. The van der Waals surface area contributed by atoms with E-state index in [1.165, 1.54) is 0 Å². The summed E-state index contributed by atoms with van der Waals surface area (Å²) in [5, 5.41) is 18.2. The fraction of sp³-hybridized carbons (Fsp3) is 0.355. The molecule has 1 amide bonds. The van der Waals surface area contributed by atoms with Crippen LogP contribution in [0.15, 0.2) is 48.7 Å². The molecule has 2 aliphatic heterocycles. The van der Waals surface area contributed by atoms with E-state index in [2.05, 4.69) is 16.0 Å². The lowest BCUT2D eigenvalue weighted by molar-refractivity contribution is -0.143. The van der Waals surface area contributed by atoms with Crippen LogP contribution in [0.5, 0.6) is 0 Å². The van der Waals surface area contributed by atoms with Crippen molar-refractivity contribution in [2.45, 2.75) is 45.6 Å². The Morgan fingerprint density at radius 1 is 1.12 bits per heavy atom. The minimum Gasteiger partial charge on any atom is -0.481 e. The number of carbonyl (C=O) groups excluding carboxylic acids is 3. The lowest BCUT2D eigenvalue weighted by Gasteiger charge is -2.26. The first-order valence-electron chi connectivity index (χ1n) is 13.2. The Bertz CT molecular complexity index is 1400. The molecule has 3 aromatic rings. The predicted molar refractivity (Wildman–Crippen MR) is 161 cm³/mol. The number of carbonyl (C=O) groups is 4. The zero-order valence-electron chi connectivity index (χ0n) is 24.3. The Hall–Kier alpha value is -4.33. The second-order valence-corrected chi connectivity index (χ2v) is 10.8. The van der Waals surface area contributed by atoms with Crippen LogP contribution in [-0.2, 0) is 31.1 Å². The number of rotatable bonds is 4. The minimum absolute atomic E-state index is 0.0512. The molecule has 11 heteroatoms. The Labute approximate surface area is 251 Å². The first-order chi connectivity index (χ1) is 20.0. The van der Waals surface area contributed by atoms with E-state index in [4.69, 9.17) is 31.6 Å². The number of anilines is 2. The van der Waals surface area contributed by atoms with Crippen molar-refractivity contribution >= 4 is 48.7 Å². The van der Waals surface area contributed by atoms with Gasteiger partial charge in [0.1, 0.15) is 19.1 Å². The number of imidazole rings is 1. The number of piperidine rings is 1. The molecule has 1 aromatic heterocycles. The molecule has 1 fully saturated rings. The summed E-state index contributed by atoms with van der Waals surface area (Å²) in [5.41, 5.74) is 3.37. The number of nitriles is 1. The highest BCUT2D eigenvalue weighted by Gasteiger charge is 2.49. The Kier molecular flexibility index (Phi) is 12.1. The summed E-state index contributed by atoms with van der Waals surface area (Å²) >= 11 is 6.25. The van der Waals surface area contributed by atoms with E-state index >= 15 is 0 Å². The van der Waals surface area contributed by atoms with Crippen LogP contribution in [0.4, 0.5) is 11.6 Å². The van der Waals surface area contributed by atoms with Crippen molar-refractivity contribution in [2.24, 2.45) is 5.92 Å².